The lowest BCUT2D eigenvalue weighted by Gasteiger charge is -2.47. The van der Waals surface area contributed by atoms with Gasteiger partial charge in [0.25, 0.3) is 0 Å². The summed E-state index contributed by atoms with van der Waals surface area (Å²) in [6.45, 7) is 6.43. The standard InChI is InChI=1S/C21H26ClN3O2/c1-21(2,3)14-6-4-5-13-17(14)24-20(22)25-18(13)23-16-12-9-7-11(8-10-12)15(16)19(26)27/h4-6,11-12,15-16H,7-10H2,1-3H3,(H,26,27)(H,23,24,25). The van der Waals surface area contributed by atoms with Gasteiger partial charge >= 0.3 is 5.97 Å². The fraction of sp³-hybridized carbons (Fsp3) is 0.571. The fourth-order valence-electron chi connectivity index (χ4n) is 5.01. The van der Waals surface area contributed by atoms with Gasteiger partial charge in [-0.15, -0.1) is 0 Å². The van der Waals surface area contributed by atoms with Gasteiger partial charge in [-0.05, 0) is 66.2 Å². The molecule has 2 bridgehead atoms. The SMILES string of the molecule is CC(C)(C)c1cccc2c(NC3C4CCC(CC4)C3C(=O)O)nc(Cl)nc12. The highest BCUT2D eigenvalue weighted by atomic mass is 35.5. The summed E-state index contributed by atoms with van der Waals surface area (Å²) < 4.78 is 0. The number of anilines is 1. The first kappa shape index (κ1) is 18.5. The first-order chi connectivity index (χ1) is 12.8. The lowest BCUT2D eigenvalue weighted by atomic mass is 9.61. The first-order valence-electron chi connectivity index (χ1n) is 9.72. The van der Waals surface area contributed by atoms with Gasteiger partial charge in [0.1, 0.15) is 5.82 Å². The summed E-state index contributed by atoms with van der Waals surface area (Å²) >= 11 is 6.26. The topological polar surface area (TPSA) is 75.1 Å². The van der Waals surface area contributed by atoms with Crippen LogP contribution in [0.4, 0.5) is 5.82 Å². The van der Waals surface area contributed by atoms with Crippen LogP contribution in [-0.2, 0) is 10.2 Å². The minimum absolute atomic E-state index is 0.0814. The number of carboxylic acids is 1. The van der Waals surface area contributed by atoms with Gasteiger partial charge in [-0.25, -0.2) is 9.97 Å². The van der Waals surface area contributed by atoms with Crippen molar-refractivity contribution >= 4 is 34.3 Å². The first-order valence-corrected chi connectivity index (χ1v) is 10.1. The fourth-order valence-corrected chi connectivity index (χ4v) is 5.18. The molecular formula is C21H26ClN3O2. The van der Waals surface area contributed by atoms with Crippen molar-refractivity contribution in [3.05, 3.63) is 29.0 Å². The maximum atomic E-state index is 12.0. The zero-order chi connectivity index (χ0) is 19.3. The molecule has 0 saturated heterocycles. The number of halogens is 1. The molecule has 5 nitrogen and oxygen atoms in total. The number of nitrogens with one attached hydrogen (secondary N) is 1. The van der Waals surface area contributed by atoms with E-state index in [-0.39, 0.29) is 28.6 Å². The molecule has 3 saturated carbocycles. The van der Waals surface area contributed by atoms with Gasteiger partial charge in [0.2, 0.25) is 5.28 Å². The van der Waals surface area contributed by atoms with Crippen LogP contribution in [0.3, 0.4) is 0 Å². The number of benzene rings is 1. The lowest BCUT2D eigenvalue weighted by Crippen LogP contribution is -2.51. The molecule has 27 heavy (non-hydrogen) atoms. The number of fused-ring (bicyclic) bond motifs is 4. The van der Waals surface area contributed by atoms with E-state index in [1.54, 1.807) is 0 Å². The van der Waals surface area contributed by atoms with Crippen LogP contribution in [0, 0.1) is 17.8 Å². The van der Waals surface area contributed by atoms with E-state index in [4.69, 9.17) is 11.6 Å². The monoisotopic (exact) mass is 387 g/mol. The molecule has 6 heteroatoms. The molecule has 1 heterocycles. The minimum atomic E-state index is -0.707. The normalized spacial score (nSPS) is 27.7. The number of aromatic nitrogens is 2. The maximum Gasteiger partial charge on any atom is 0.308 e. The van der Waals surface area contributed by atoms with Crippen molar-refractivity contribution in [3.8, 4) is 0 Å². The van der Waals surface area contributed by atoms with Gasteiger partial charge < -0.3 is 10.4 Å². The second kappa shape index (κ2) is 6.62. The molecule has 2 unspecified atom stereocenters. The van der Waals surface area contributed by atoms with Crippen LogP contribution in [-0.4, -0.2) is 27.1 Å². The van der Waals surface area contributed by atoms with E-state index >= 15 is 0 Å². The van der Waals surface area contributed by atoms with Crippen LogP contribution >= 0.6 is 11.6 Å². The molecule has 0 spiro atoms. The van der Waals surface area contributed by atoms with Crippen molar-refractivity contribution in [1.29, 1.82) is 0 Å². The smallest absolute Gasteiger partial charge is 0.308 e. The number of carbonyl (C=O) groups is 1. The van der Waals surface area contributed by atoms with Crippen molar-refractivity contribution in [2.45, 2.75) is 57.9 Å². The molecule has 3 aliphatic carbocycles. The Morgan fingerprint density at radius 1 is 1.15 bits per heavy atom. The highest BCUT2D eigenvalue weighted by Gasteiger charge is 2.47. The predicted molar refractivity (Wildman–Crippen MR) is 107 cm³/mol. The van der Waals surface area contributed by atoms with Gasteiger partial charge in [-0.1, -0.05) is 32.9 Å². The van der Waals surface area contributed by atoms with Crippen molar-refractivity contribution < 1.29 is 9.90 Å². The second-order valence-corrected chi connectivity index (χ2v) is 9.34. The molecule has 3 aliphatic rings. The molecule has 2 atom stereocenters. The molecule has 1 aromatic carbocycles. The summed E-state index contributed by atoms with van der Waals surface area (Å²) in [5.74, 6) is 0.193. The third kappa shape index (κ3) is 3.27. The van der Waals surface area contributed by atoms with Gasteiger partial charge in [-0.3, -0.25) is 4.79 Å². The average Bonchev–Trinajstić information content (AvgIpc) is 2.61. The van der Waals surface area contributed by atoms with Gasteiger partial charge in [0.15, 0.2) is 0 Å². The molecule has 0 amide bonds. The summed E-state index contributed by atoms with van der Waals surface area (Å²) in [4.78, 5) is 20.9. The molecule has 5 rings (SSSR count). The lowest BCUT2D eigenvalue weighted by molar-refractivity contribution is -0.148. The number of hydrogen-bond acceptors (Lipinski definition) is 4. The maximum absolute atomic E-state index is 12.0. The molecule has 0 radical (unpaired) electrons. The molecule has 0 aliphatic heterocycles. The average molecular weight is 388 g/mol. The third-order valence-corrected chi connectivity index (χ3v) is 6.48. The van der Waals surface area contributed by atoms with Crippen molar-refractivity contribution in [2.75, 3.05) is 5.32 Å². The summed E-state index contributed by atoms with van der Waals surface area (Å²) in [6, 6.07) is 5.95. The van der Waals surface area contributed by atoms with Crippen LogP contribution < -0.4 is 5.32 Å². The van der Waals surface area contributed by atoms with E-state index in [2.05, 4.69) is 42.1 Å². The Bertz CT molecular complexity index is 885. The van der Waals surface area contributed by atoms with Gasteiger partial charge in [0.05, 0.1) is 11.4 Å². The predicted octanol–water partition coefficient (Wildman–Crippen LogP) is 4.88. The number of para-hydroxylation sites is 1. The Hall–Kier alpha value is -1.88. The molecule has 2 aromatic rings. The van der Waals surface area contributed by atoms with E-state index in [9.17, 15) is 9.90 Å². The largest absolute Gasteiger partial charge is 0.481 e. The number of carboxylic acid groups (broad SMARTS) is 1. The molecule has 2 N–H and O–H groups in total. The van der Waals surface area contributed by atoms with Crippen molar-refractivity contribution in [1.82, 2.24) is 9.97 Å². The zero-order valence-corrected chi connectivity index (χ0v) is 16.8. The number of aliphatic carboxylic acids is 1. The zero-order valence-electron chi connectivity index (χ0n) is 16.0. The molecular weight excluding hydrogens is 362 g/mol. The van der Waals surface area contributed by atoms with Crippen LogP contribution in [0.25, 0.3) is 10.9 Å². The number of nitrogens with zero attached hydrogens (tertiary/aromatic N) is 2. The van der Waals surface area contributed by atoms with E-state index in [0.717, 1.165) is 42.1 Å². The second-order valence-electron chi connectivity index (χ2n) is 9.00. The number of rotatable bonds is 3. The van der Waals surface area contributed by atoms with Crippen molar-refractivity contribution in [2.24, 2.45) is 17.8 Å². The van der Waals surface area contributed by atoms with E-state index in [0.29, 0.717) is 11.7 Å². The Morgan fingerprint density at radius 3 is 2.44 bits per heavy atom. The minimum Gasteiger partial charge on any atom is -0.481 e. The van der Waals surface area contributed by atoms with Crippen LogP contribution in [0.1, 0.15) is 52.0 Å². The Morgan fingerprint density at radius 2 is 1.81 bits per heavy atom. The van der Waals surface area contributed by atoms with Gasteiger partial charge in [0, 0.05) is 11.4 Å². The van der Waals surface area contributed by atoms with E-state index in [1.165, 1.54) is 0 Å². The van der Waals surface area contributed by atoms with Crippen LogP contribution in [0.5, 0.6) is 0 Å². The summed E-state index contributed by atoms with van der Waals surface area (Å²) in [5, 5.41) is 14.4. The Balaban J connectivity index is 1.79. The van der Waals surface area contributed by atoms with Crippen LogP contribution in [0.2, 0.25) is 5.28 Å². The van der Waals surface area contributed by atoms with E-state index in [1.807, 2.05) is 12.1 Å². The van der Waals surface area contributed by atoms with Gasteiger partial charge in [-0.2, -0.15) is 0 Å². The molecule has 144 valence electrons. The van der Waals surface area contributed by atoms with Crippen LogP contribution in [0.15, 0.2) is 18.2 Å². The van der Waals surface area contributed by atoms with Crippen molar-refractivity contribution in [3.63, 3.8) is 0 Å². The summed E-state index contributed by atoms with van der Waals surface area (Å²) in [6.07, 6.45) is 4.19. The summed E-state index contributed by atoms with van der Waals surface area (Å²) in [5.41, 5.74) is 1.86. The molecule has 1 aromatic heterocycles. The quantitative estimate of drug-likeness (QED) is 0.734. The molecule has 3 fully saturated rings. The summed E-state index contributed by atoms with van der Waals surface area (Å²) in [7, 11) is 0. The Labute approximate surface area is 164 Å². The highest BCUT2D eigenvalue weighted by Crippen LogP contribution is 2.46. The Kier molecular flexibility index (Phi) is 4.53. The third-order valence-electron chi connectivity index (χ3n) is 6.31. The number of hydrogen-bond donors (Lipinski definition) is 2. The van der Waals surface area contributed by atoms with E-state index < -0.39 is 5.97 Å². The highest BCUT2D eigenvalue weighted by molar-refractivity contribution is 6.28.